The van der Waals surface area contributed by atoms with Crippen LogP contribution in [0.15, 0.2) is 12.2 Å². The predicted molar refractivity (Wildman–Crippen MR) is 33.0 cm³/mol. The van der Waals surface area contributed by atoms with Crippen LogP contribution in [-0.4, -0.2) is 23.5 Å². The number of carbonyl (C=O) groups is 1. The molecule has 0 rings (SSSR count). The van der Waals surface area contributed by atoms with Crippen molar-refractivity contribution in [2.24, 2.45) is 0 Å². The van der Waals surface area contributed by atoms with Crippen LogP contribution in [0.5, 0.6) is 0 Å². The van der Waals surface area contributed by atoms with Crippen molar-refractivity contribution in [1.29, 1.82) is 0 Å². The molecule has 70 valence electrons. The third kappa shape index (κ3) is 3.38. The molecule has 0 aliphatic rings. The van der Waals surface area contributed by atoms with Crippen molar-refractivity contribution < 1.29 is 27.8 Å². The van der Waals surface area contributed by atoms with Gasteiger partial charge in [-0.05, 0) is 6.92 Å². The van der Waals surface area contributed by atoms with Crippen LogP contribution in [0, 0.1) is 0 Å². The minimum Gasteiger partial charge on any atom is -0.433 e. The van der Waals surface area contributed by atoms with E-state index < -0.39 is 24.0 Å². The van der Waals surface area contributed by atoms with Crippen LogP contribution >= 0.6 is 0 Å². The maximum Gasteiger partial charge on any atom is 0.422 e. The first-order chi connectivity index (χ1) is 5.25. The molecule has 0 aliphatic carbocycles. The lowest BCUT2D eigenvalue weighted by Gasteiger charge is -2.10. The molecule has 0 aromatic rings. The number of aliphatic hydroxyl groups excluding tert-OH is 1. The Hall–Kier alpha value is -1.04. The second-order valence-electron chi connectivity index (χ2n) is 1.98. The number of hydrogen-bond acceptors (Lipinski definition) is 3. The van der Waals surface area contributed by atoms with E-state index in [0.29, 0.717) is 0 Å². The Morgan fingerprint density at radius 2 is 2.00 bits per heavy atom. The highest BCUT2D eigenvalue weighted by molar-refractivity contribution is 5.89. The van der Waals surface area contributed by atoms with E-state index in [1.54, 1.807) is 0 Å². The summed E-state index contributed by atoms with van der Waals surface area (Å²) in [5.41, 5.74) is -1.64. The summed E-state index contributed by atoms with van der Waals surface area (Å²) in [6.07, 6.45) is -6.39. The van der Waals surface area contributed by atoms with Crippen LogP contribution in [0.4, 0.5) is 13.2 Å². The molecule has 3 nitrogen and oxygen atoms in total. The van der Waals surface area contributed by atoms with E-state index in [9.17, 15) is 18.0 Å². The van der Waals surface area contributed by atoms with Gasteiger partial charge < -0.3 is 9.84 Å². The largest absolute Gasteiger partial charge is 0.433 e. The van der Waals surface area contributed by atoms with Crippen LogP contribution < -0.4 is 0 Å². The van der Waals surface area contributed by atoms with E-state index in [1.807, 2.05) is 0 Å². The quantitative estimate of drug-likeness (QED) is 0.395. The molecule has 1 atom stereocenters. The number of aliphatic hydroxyl groups is 1. The molecule has 0 aromatic heterocycles. The Labute approximate surface area is 66.4 Å². The van der Waals surface area contributed by atoms with Gasteiger partial charge in [0, 0.05) is 0 Å². The van der Waals surface area contributed by atoms with E-state index in [1.165, 1.54) is 0 Å². The fraction of sp³-hybridized carbons (Fsp3) is 0.500. The normalized spacial score (nSPS) is 13.8. The van der Waals surface area contributed by atoms with Gasteiger partial charge >= 0.3 is 12.1 Å². The predicted octanol–water partition coefficient (Wildman–Crippen LogP) is 0.986. The van der Waals surface area contributed by atoms with Gasteiger partial charge in [0.05, 0.1) is 0 Å². The number of rotatable bonds is 2. The van der Waals surface area contributed by atoms with Crippen LogP contribution in [0.3, 0.4) is 0 Å². The van der Waals surface area contributed by atoms with Gasteiger partial charge in [0.15, 0.2) is 6.29 Å². The summed E-state index contributed by atoms with van der Waals surface area (Å²) < 4.78 is 38.8. The Balaban J connectivity index is 4.22. The SMILES string of the molecule is C=C(C(=O)OC(C)O)C(F)(F)F. The topological polar surface area (TPSA) is 46.5 Å². The Morgan fingerprint density at radius 3 is 2.25 bits per heavy atom. The third-order valence-electron chi connectivity index (χ3n) is 0.866. The van der Waals surface area contributed by atoms with E-state index in [4.69, 9.17) is 5.11 Å². The number of halogens is 3. The zero-order valence-electron chi connectivity index (χ0n) is 6.18. The maximum atomic E-state index is 11.7. The van der Waals surface area contributed by atoms with Gasteiger partial charge in [-0.15, -0.1) is 0 Å². The lowest BCUT2D eigenvalue weighted by Crippen LogP contribution is -2.24. The van der Waals surface area contributed by atoms with Gasteiger partial charge in [-0.1, -0.05) is 6.58 Å². The summed E-state index contributed by atoms with van der Waals surface area (Å²) in [5, 5.41) is 8.39. The summed E-state index contributed by atoms with van der Waals surface area (Å²) in [7, 11) is 0. The average molecular weight is 184 g/mol. The second kappa shape index (κ2) is 3.57. The van der Waals surface area contributed by atoms with Crippen molar-refractivity contribution in [1.82, 2.24) is 0 Å². The molecule has 0 heterocycles. The van der Waals surface area contributed by atoms with Crippen molar-refractivity contribution in [3.05, 3.63) is 12.2 Å². The van der Waals surface area contributed by atoms with Crippen molar-refractivity contribution in [2.45, 2.75) is 19.4 Å². The first kappa shape index (κ1) is 11.0. The first-order valence-electron chi connectivity index (χ1n) is 2.90. The van der Waals surface area contributed by atoms with E-state index in [2.05, 4.69) is 11.3 Å². The number of alkyl halides is 3. The fourth-order valence-corrected chi connectivity index (χ4v) is 0.342. The summed E-state index contributed by atoms with van der Waals surface area (Å²) in [6.45, 7) is 3.48. The summed E-state index contributed by atoms with van der Waals surface area (Å²) in [4.78, 5) is 10.4. The molecule has 6 heteroatoms. The number of carbonyl (C=O) groups excluding carboxylic acids is 1. The summed E-state index contributed by atoms with van der Waals surface area (Å²) in [5.74, 6) is -1.67. The zero-order valence-corrected chi connectivity index (χ0v) is 6.18. The summed E-state index contributed by atoms with van der Waals surface area (Å²) >= 11 is 0. The number of hydrogen-bond donors (Lipinski definition) is 1. The third-order valence-corrected chi connectivity index (χ3v) is 0.866. The Morgan fingerprint density at radius 1 is 1.58 bits per heavy atom. The van der Waals surface area contributed by atoms with Gasteiger partial charge in [-0.3, -0.25) is 0 Å². The number of ether oxygens (including phenoxy) is 1. The van der Waals surface area contributed by atoms with E-state index in [0.717, 1.165) is 6.92 Å². The molecule has 0 bridgehead atoms. The van der Waals surface area contributed by atoms with Crippen LogP contribution in [0.25, 0.3) is 0 Å². The van der Waals surface area contributed by atoms with E-state index >= 15 is 0 Å². The van der Waals surface area contributed by atoms with Gasteiger partial charge in [-0.25, -0.2) is 4.79 Å². The fourth-order valence-electron chi connectivity index (χ4n) is 0.342. The van der Waals surface area contributed by atoms with Crippen molar-refractivity contribution >= 4 is 5.97 Å². The molecule has 1 N–H and O–H groups in total. The first-order valence-corrected chi connectivity index (χ1v) is 2.90. The Kier molecular flexibility index (Phi) is 3.26. The van der Waals surface area contributed by atoms with Crippen molar-refractivity contribution in [2.75, 3.05) is 0 Å². The molecular formula is C6H7F3O3. The molecule has 0 radical (unpaired) electrons. The molecule has 0 fully saturated rings. The molecule has 12 heavy (non-hydrogen) atoms. The molecule has 0 spiro atoms. The lowest BCUT2D eigenvalue weighted by molar-refractivity contribution is -0.169. The average Bonchev–Trinajstić information content (AvgIpc) is 1.82. The van der Waals surface area contributed by atoms with Gasteiger partial charge in [0.1, 0.15) is 5.57 Å². The van der Waals surface area contributed by atoms with Crippen molar-refractivity contribution in [3.63, 3.8) is 0 Å². The van der Waals surface area contributed by atoms with Crippen LogP contribution in [0.2, 0.25) is 0 Å². The number of esters is 1. The summed E-state index contributed by atoms with van der Waals surface area (Å²) in [6, 6.07) is 0. The van der Waals surface area contributed by atoms with Crippen LogP contribution in [0.1, 0.15) is 6.92 Å². The monoisotopic (exact) mass is 184 g/mol. The highest BCUT2D eigenvalue weighted by Gasteiger charge is 2.38. The maximum absolute atomic E-state index is 11.7. The molecule has 1 unspecified atom stereocenters. The minimum absolute atomic E-state index is 1.02. The lowest BCUT2D eigenvalue weighted by atomic mass is 10.3. The standard InChI is InChI=1S/C6H7F3O3/c1-3(6(7,8)9)5(11)12-4(2)10/h4,10H,1H2,2H3. The second-order valence-corrected chi connectivity index (χ2v) is 1.98. The molecule has 0 saturated heterocycles. The van der Waals surface area contributed by atoms with Crippen LogP contribution in [-0.2, 0) is 9.53 Å². The van der Waals surface area contributed by atoms with Gasteiger partial charge in [-0.2, -0.15) is 13.2 Å². The smallest absolute Gasteiger partial charge is 0.422 e. The molecular weight excluding hydrogens is 177 g/mol. The Bertz CT molecular complexity index is 195. The van der Waals surface area contributed by atoms with Gasteiger partial charge in [0.25, 0.3) is 0 Å². The molecule has 0 amide bonds. The van der Waals surface area contributed by atoms with Gasteiger partial charge in [0.2, 0.25) is 0 Å². The highest BCUT2D eigenvalue weighted by Crippen LogP contribution is 2.24. The zero-order chi connectivity index (χ0) is 9.94. The van der Waals surface area contributed by atoms with E-state index in [-0.39, 0.29) is 0 Å². The molecule has 0 aromatic carbocycles. The highest BCUT2D eigenvalue weighted by atomic mass is 19.4. The molecule has 0 aliphatic heterocycles. The van der Waals surface area contributed by atoms with Crippen molar-refractivity contribution in [3.8, 4) is 0 Å². The molecule has 0 saturated carbocycles. The minimum atomic E-state index is -4.81.